The Kier molecular flexibility index (Phi) is 4.69. The van der Waals surface area contributed by atoms with Crippen LogP contribution in [0.2, 0.25) is 0 Å². The van der Waals surface area contributed by atoms with Gasteiger partial charge in [-0.05, 0) is 25.3 Å². The van der Waals surface area contributed by atoms with Gasteiger partial charge < -0.3 is 10.6 Å². The molecule has 2 amide bonds. The molecule has 1 aliphatic heterocycles. The van der Waals surface area contributed by atoms with Gasteiger partial charge in [0.1, 0.15) is 5.82 Å². The van der Waals surface area contributed by atoms with Gasteiger partial charge in [-0.2, -0.15) is 0 Å². The number of carbonyl (C=O) groups is 2. The molecule has 0 radical (unpaired) electrons. The van der Waals surface area contributed by atoms with E-state index in [9.17, 15) is 24.1 Å². The molecule has 0 unspecified atom stereocenters. The van der Waals surface area contributed by atoms with Crippen molar-refractivity contribution in [2.75, 3.05) is 6.54 Å². The topological polar surface area (TPSA) is 107 Å². The van der Waals surface area contributed by atoms with Crippen molar-refractivity contribution in [2.45, 2.75) is 31.7 Å². The lowest BCUT2D eigenvalue weighted by molar-refractivity contribution is -0.385. The summed E-state index contributed by atoms with van der Waals surface area (Å²) >= 11 is 0. The van der Waals surface area contributed by atoms with Gasteiger partial charge in [0.15, 0.2) is 0 Å². The molecule has 22 heavy (non-hydrogen) atoms. The third kappa shape index (κ3) is 3.38. The van der Waals surface area contributed by atoms with Gasteiger partial charge in [-0.1, -0.05) is 0 Å². The monoisotopic (exact) mass is 309 g/mol. The molecule has 8 heteroatoms. The van der Waals surface area contributed by atoms with Crippen LogP contribution in [0.15, 0.2) is 18.2 Å². The molecule has 2 rings (SSSR count). The van der Waals surface area contributed by atoms with E-state index >= 15 is 0 Å². The quantitative estimate of drug-likeness (QED) is 0.673. The molecule has 118 valence electrons. The highest BCUT2D eigenvalue weighted by atomic mass is 19.1. The van der Waals surface area contributed by atoms with E-state index in [1.807, 2.05) is 0 Å². The fourth-order valence-electron chi connectivity index (χ4n) is 2.66. The second-order valence-corrected chi connectivity index (χ2v) is 5.24. The van der Waals surface area contributed by atoms with Crippen molar-refractivity contribution in [3.63, 3.8) is 0 Å². The van der Waals surface area contributed by atoms with Crippen molar-refractivity contribution in [3.05, 3.63) is 39.7 Å². The van der Waals surface area contributed by atoms with Crippen LogP contribution < -0.4 is 5.73 Å². The zero-order chi connectivity index (χ0) is 16.3. The van der Waals surface area contributed by atoms with Crippen LogP contribution in [0.3, 0.4) is 0 Å². The number of carbonyl (C=O) groups excluding carboxylic acids is 2. The minimum atomic E-state index is -0.942. The predicted molar refractivity (Wildman–Crippen MR) is 75.5 cm³/mol. The van der Waals surface area contributed by atoms with E-state index in [1.54, 1.807) is 0 Å². The maximum atomic E-state index is 14.0. The minimum absolute atomic E-state index is 0.0281. The van der Waals surface area contributed by atoms with Crippen LogP contribution >= 0.6 is 0 Å². The number of non-ortho nitro benzene ring substituents is 1. The molecular formula is C14H16FN3O4. The molecular weight excluding hydrogens is 293 g/mol. The van der Waals surface area contributed by atoms with E-state index in [-0.39, 0.29) is 18.0 Å². The number of amides is 2. The van der Waals surface area contributed by atoms with Crippen LogP contribution in [-0.4, -0.2) is 34.2 Å². The predicted octanol–water partition coefficient (Wildman–Crippen LogP) is 1.60. The molecule has 0 spiro atoms. The Balaban J connectivity index is 2.25. The first-order valence-corrected chi connectivity index (χ1v) is 6.93. The van der Waals surface area contributed by atoms with E-state index < -0.39 is 28.2 Å². The Hall–Kier alpha value is -2.51. The minimum Gasteiger partial charge on any atom is -0.370 e. The fourth-order valence-corrected chi connectivity index (χ4v) is 2.66. The Morgan fingerprint density at radius 3 is 2.73 bits per heavy atom. The summed E-state index contributed by atoms with van der Waals surface area (Å²) in [6.45, 7) is 0.410. The van der Waals surface area contributed by atoms with Crippen molar-refractivity contribution < 1.29 is 18.9 Å². The number of likely N-dealkylation sites (tertiary alicyclic amines) is 1. The van der Waals surface area contributed by atoms with Gasteiger partial charge in [-0.15, -0.1) is 0 Å². The van der Waals surface area contributed by atoms with Gasteiger partial charge in [-0.3, -0.25) is 19.7 Å². The van der Waals surface area contributed by atoms with E-state index in [2.05, 4.69) is 0 Å². The summed E-state index contributed by atoms with van der Waals surface area (Å²) < 4.78 is 14.0. The molecule has 1 heterocycles. The summed E-state index contributed by atoms with van der Waals surface area (Å²) in [5.74, 6) is -2.03. The van der Waals surface area contributed by atoms with Crippen LogP contribution in [0.4, 0.5) is 10.1 Å². The molecule has 1 aromatic rings. The number of hydrogen-bond acceptors (Lipinski definition) is 4. The zero-order valence-electron chi connectivity index (χ0n) is 11.8. The second kappa shape index (κ2) is 6.50. The summed E-state index contributed by atoms with van der Waals surface area (Å²) in [5, 5.41) is 10.6. The summed E-state index contributed by atoms with van der Waals surface area (Å²) in [6, 6.07) is 2.56. The Labute approximate surface area is 126 Å². The van der Waals surface area contributed by atoms with E-state index in [4.69, 9.17) is 5.73 Å². The second-order valence-electron chi connectivity index (χ2n) is 5.24. The number of nitro groups is 1. The van der Waals surface area contributed by atoms with E-state index in [0.29, 0.717) is 13.0 Å². The molecule has 2 N–H and O–H groups in total. The van der Waals surface area contributed by atoms with E-state index in [1.165, 1.54) is 4.90 Å². The summed E-state index contributed by atoms with van der Waals surface area (Å²) in [6.07, 6.45) is 2.28. The number of piperidine rings is 1. The van der Waals surface area contributed by atoms with Gasteiger partial charge in [0.25, 0.3) is 11.6 Å². The largest absolute Gasteiger partial charge is 0.370 e. The number of rotatable bonds is 4. The van der Waals surface area contributed by atoms with Crippen LogP contribution in [-0.2, 0) is 4.79 Å². The van der Waals surface area contributed by atoms with Crippen molar-refractivity contribution >= 4 is 17.5 Å². The zero-order valence-corrected chi connectivity index (χ0v) is 11.8. The summed E-state index contributed by atoms with van der Waals surface area (Å²) in [5.41, 5.74) is 4.53. The highest BCUT2D eigenvalue weighted by Crippen LogP contribution is 2.24. The van der Waals surface area contributed by atoms with Crippen molar-refractivity contribution in [1.82, 2.24) is 4.90 Å². The lowest BCUT2D eigenvalue weighted by Crippen LogP contribution is -2.45. The Bertz CT molecular complexity index is 620. The average molecular weight is 309 g/mol. The standard InChI is InChI=1S/C14H16FN3O4/c15-12-7-10(18(21)22)4-5-11(12)14(20)17-6-2-1-3-9(17)8-13(16)19/h4-5,7,9H,1-3,6,8H2,(H2,16,19)/t9-/m1/s1. The third-order valence-electron chi connectivity index (χ3n) is 3.72. The molecule has 1 fully saturated rings. The maximum Gasteiger partial charge on any atom is 0.272 e. The molecule has 1 aromatic carbocycles. The highest BCUT2D eigenvalue weighted by molar-refractivity contribution is 5.95. The first-order valence-electron chi connectivity index (χ1n) is 6.93. The first kappa shape index (κ1) is 15.9. The Morgan fingerprint density at radius 1 is 1.41 bits per heavy atom. The number of primary amides is 1. The van der Waals surface area contributed by atoms with Crippen LogP contribution in [0.5, 0.6) is 0 Å². The van der Waals surface area contributed by atoms with Crippen LogP contribution in [0.25, 0.3) is 0 Å². The smallest absolute Gasteiger partial charge is 0.272 e. The summed E-state index contributed by atoms with van der Waals surface area (Å²) in [4.78, 5) is 34.9. The molecule has 0 aliphatic carbocycles. The molecule has 0 aromatic heterocycles. The number of nitrogens with zero attached hydrogens (tertiary/aromatic N) is 2. The first-order chi connectivity index (χ1) is 10.4. The van der Waals surface area contributed by atoms with Crippen molar-refractivity contribution in [2.24, 2.45) is 5.73 Å². The van der Waals surface area contributed by atoms with Gasteiger partial charge in [0, 0.05) is 25.1 Å². The number of nitro benzene ring substituents is 1. The lowest BCUT2D eigenvalue weighted by Gasteiger charge is -2.35. The highest BCUT2D eigenvalue weighted by Gasteiger charge is 2.30. The molecule has 0 saturated carbocycles. The maximum absolute atomic E-state index is 14.0. The number of benzene rings is 1. The van der Waals surface area contributed by atoms with Gasteiger partial charge >= 0.3 is 0 Å². The lowest BCUT2D eigenvalue weighted by atomic mass is 9.98. The fraction of sp³-hybridized carbons (Fsp3) is 0.429. The van der Waals surface area contributed by atoms with Crippen molar-refractivity contribution in [3.8, 4) is 0 Å². The Morgan fingerprint density at radius 2 is 2.14 bits per heavy atom. The van der Waals surface area contributed by atoms with Gasteiger partial charge in [0.2, 0.25) is 5.91 Å². The molecule has 0 bridgehead atoms. The SMILES string of the molecule is NC(=O)C[C@H]1CCCCN1C(=O)c1ccc([N+](=O)[O-])cc1F. The molecule has 7 nitrogen and oxygen atoms in total. The molecule has 1 atom stereocenters. The van der Waals surface area contributed by atoms with Crippen LogP contribution in [0.1, 0.15) is 36.0 Å². The van der Waals surface area contributed by atoms with Crippen LogP contribution in [0, 0.1) is 15.9 Å². The summed E-state index contributed by atoms with van der Waals surface area (Å²) in [7, 11) is 0. The molecule has 1 saturated heterocycles. The normalized spacial score (nSPS) is 18.0. The number of halogens is 1. The van der Waals surface area contributed by atoms with Gasteiger partial charge in [-0.25, -0.2) is 4.39 Å². The number of hydrogen-bond donors (Lipinski definition) is 1. The number of nitrogens with two attached hydrogens (primary N) is 1. The van der Waals surface area contributed by atoms with E-state index in [0.717, 1.165) is 31.0 Å². The van der Waals surface area contributed by atoms with Crippen molar-refractivity contribution in [1.29, 1.82) is 0 Å². The third-order valence-corrected chi connectivity index (χ3v) is 3.72. The van der Waals surface area contributed by atoms with Gasteiger partial charge in [0.05, 0.1) is 16.6 Å². The average Bonchev–Trinajstić information content (AvgIpc) is 2.46. The molecule has 1 aliphatic rings.